The molecule has 0 spiro atoms. The van der Waals surface area contributed by atoms with Gasteiger partial charge in [-0.25, -0.2) is 9.97 Å². The molecule has 0 fully saturated rings. The SMILES string of the molecule is COc1ccc(Nc2cnc(C(=O)Nc3c(C)cc(C)cc3Cl)cn2)cc1. The number of methoxy groups -OCH3 is 1. The summed E-state index contributed by atoms with van der Waals surface area (Å²) in [5, 5.41) is 6.40. The number of nitrogens with one attached hydrogen (secondary N) is 2. The third-order valence-electron chi connectivity index (χ3n) is 3.92. The van der Waals surface area contributed by atoms with Crippen molar-refractivity contribution in [2.24, 2.45) is 0 Å². The summed E-state index contributed by atoms with van der Waals surface area (Å²) in [4.78, 5) is 20.9. The van der Waals surface area contributed by atoms with E-state index in [1.165, 1.54) is 12.4 Å². The van der Waals surface area contributed by atoms with Gasteiger partial charge in [0.25, 0.3) is 5.91 Å². The van der Waals surface area contributed by atoms with Gasteiger partial charge in [0.2, 0.25) is 0 Å². The smallest absolute Gasteiger partial charge is 0.275 e. The number of hydrogen-bond acceptors (Lipinski definition) is 5. The van der Waals surface area contributed by atoms with Crippen LogP contribution < -0.4 is 15.4 Å². The topological polar surface area (TPSA) is 76.1 Å². The van der Waals surface area contributed by atoms with Crippen LogP contribution in [0.4, 0.5) is 17.2 Å². The number of aryl methyl sites for hydroxylation is 2. The normalized spacial score (nSPS) is 10.4. The van der Waals surface area contributed by atoms with Gasteiger partial charge in [0.15, 0.2) is 0 Å². The van der Waals surface area contributed by atoms with Crippen molar-refractivity contribution in [2.45, 2.75) is 13.8 Å². The molecule has 0 saturated carbocycles. The largest absolute Gasteiger partial charge is 0.497 e. The lowest BCUT2D eigenvalue weighted by molar-refractivity contribution is 0.102. The lowest BCUT2D eigenvalue weighted by Crippen LogP contribution is -2.15. The molecule has 0 aliphatic heterocycles. The molecule has 2 N–H and O–H groups in total. The molecule has 7 heteroatoms. The molecule has 0 unspecified atom stereocenters. The van der Waals surface area contributed by atoms with E-state index in [1.807, 2.05) is 44.2 Å². The number of hydrogen-bond donors (Lipinski definition) is 2. The Balaban J connectivity index is 1.70. The van der Waals surface area contributed by atoms with Gasteiger partial charge in [-0.3, -0.25) is 4.79 Å². The maximum absolute atomic E-state index is 12.4. The Morgan fingerprint density at radius 2 is 1.81 bits per heavy atom. The fourth-order valence-corrected chi connectivity index (χ4v) is 2.95. The van der Waals surface area contributed by atoms with Crippen LogP contribution >= 0.6 is 11.6 Å². The Kier molecular flexibility index (Phi) is 5.57. The lowest BCUT2D eigenvalue weighted by atomic mass is 10.1. The number of nitrogens with zero attached hydrogens (tertiary/aromatic N) is 2. The van der Waals surface area contributed by atoms with Crippen LogP contribution in [0.2, 0.25) is 5.02 Å². The fourth-order valence-electron chi connectivity index (χ4n) is 2.58. The molecule has 27 heavy (non-hydrogen) atoms. The van der Waals surface area contributed by atoms with Crippen molar-refractivity contribution in [1.29, 1.82) is 0 Å². The summed E-state index contributed by atoms with van der Waals surface area (Å²) in [6, 6.07) is 11.2. The number of ether oxygens (including phenoxy) is 1. The van der Waals surface area contributed by atoms with Gasteiger partial charge >= 0.3 is 0 Å². The minimum atomic E-state index is -0.368. The monoisotopic (exact) mass is 382 g/mol. The molecule has 0 atom stereocenters. The maximum atomic E-state index is 12.4. The summed E-state index contributed by atoms with van der Waals surface area (Å²) >= 11 is 6.23. The van der Waals surface area contributed by atoms with E-state index in [-0.39, 0.29) is 11.6 Å². The molecule has 1 aromatic heterocycles. The number of amides is 1. The first-order valence-electron chi connectivity index (χ1n) is 8.27. The van der Waals surface area contributed by atoms with Crippen molar-refractivity contribution in [3.05, 3.63) is 70.6 Å². The van der Waals surface area contributed by atoms with E-state index in [2.05, 4.69) is 20.6 Å². The van der Waals surface area contributed by atoms with E-state index in [9.17, 15) is 4.79 Å². The van der Waals surface area contributed by atoms with Crippen molar-refractivity contribution >= 4 is 34.7 Å². The fraction of sp³-hybridized carbons (Fsp3) is 0.150. The predicted octanol–water partition coefficient (Wildman–Crippen LogP) is 4.75. The van der Waals surface area contributed by atoms with Crippen molar-refractivity contribution in [2.75, 3.05) is 17.7 Å². The Labute approximate surface area is 162 Å². The van der Waals surface area contributed by atoms with Crippen molar-refractivity contribution < 1.29 is 9.53 Å². The number of benzene rings is 2. The summed E-state index contributed by atoms with van der Waals surface area (Å²) in [5.41, 5.74) is 3.54. The lowest BCUT2D eigenvalue weighted by Gasteiger charge is -2.11. The third kappa shape index (κ3) is 4.54. The molecule has 6 nitrogen and oxygen atoms in total. The van der Waals surface area contributed by atoms with Gasteiger partial charge in [0.1, 0.15) is 17.3 Å². The summed E-state index contributed by atoms with van der Waals surface area (Å²) in [6.45, 7) is 3.84. The minimum absolute atomic E-state index is 0.200. The standard InChI is InChI=1S/C20H19ClN4O2/c1-12-8-13(2)19(16(21)9-12)25-20(26)17-10-23-18(11-22-17)24-14-4-6-15(27-3)7-5-14/h4-11H,1-3H3,(H,23,24)(H,25,26). The molecule has 0 aliphatic carbocycles. The number of rotatable bonds is 5. The minimum Gasteiger partial charge on any atom is -0.497 e. The third-order valence-corrected chi connectivity index (χ3v) is 4.22. The summed E-state index contributed by atoms with van der Waals surface area (Å²) in [6.07, 6.45) is 2.92. The molecule has 0 bridgehead atoms. The van der Waals surface area contributed by atoms with Crippen LogP contribution in [0.5, 0.6) is 5.75 Å². The van der Waals surface area contributed by atoms with Crippen LogP contribution in [0.3, 0.4) is 0 Å². The Morgan fingerprint density at radius 1 is 1.07 bits per heavy atom. The molecule has 3 aromatic rings. The van der Waals surface area contributed by atoms with Crippen LogP contribution in [0.25, 0.3) is 0 Å². The molecule has 138 valence electrons. The van der Waals surface area contributed by atoms with Crippen molar-refractivity contribution in [1.82, 2.24) is 9.97 Å². The molecule has 2 aromatic carbocycles. The Hall–Kier alpha value is -3.12. The maximum Gasteiger partial charge on any atom is 0.275 e. The summed E-state index contributed by atoms with van der Waals surface area (Å²) < 4.78 is 5.12. The van der Waals surface area contributed by atoms with Crippen LogP contribution in [0, 0.1) is 13.8 Å². The molecule has 1 amide bonds. The van der Waals surface area contributed by atoms with E-state index in [0.717, 1.165) is 22.6 Å². The first-order valence-corrected chi connectivity index (χ1v) is 8.65. The zero-order valence-corrected chi connectivity index (χ0v) is 16.0. The number of carbonyl (C=O) groups is 1. The van der Waals surface area contributed by atoms with E-state index in [0.29, 0.717) is 16.5 Å². The van der Waals surface area contributed by atoms with E-state index < -0.39 is 0 Å². The van der Waals surface area contributed by atoms with Crippen LogP contribution in [-0.2, 0) is 0 Å². The Bertz CT molecular complexity index is 934. The van der Waals surface area contributed by atoms with Crippen molar-refractivity contribution in [3.63, 3.8) is 0 Å². The van der Waals surface area contributed by atoms with Crippen LogP contribution in [0.15, 0.2) is 48.8 Å². The Morgan fingerprint density at radius 3 is 2.41 bits per heavy atom. The highest BCUT2D eigenvalue weighted by Crippen LogP contribution is 2.27. The highest BCUT2D eigenvalue weighted by molar-refractivity contribution is 6.34. The second-order valence-corrected chi connectivity index (χ2v) is 6.44. The number of aromatic nitrogens is 2. The zero-order chi connectivity index (χ0) is 19.4. The molecule has 0 saturated heterocycles. The molecule has 3 rings (SSSR count). The van der Waals surface area contributed by atoms with E-state index in [4.69, 9.17) is 16.3 Å². The average molecular weight is 383 g/mol. The zero-order valence-electron chi connectivity index (χ0n) is 15.2. The van der Waals surface area contributed by atoms with Crippen LogP contribution in [-0.4, -0.2) is 23.0 Å². The summed E-state index contributed by atoms with van der Waals surface area (Å²) in [5.74, 6) is 0.928. The molecule has 0 radical (unpaired) electrons. The molecule has 0 aliphatic rings. The molecule has 1 heterocycles. The molecular weight excluding hydrogens is 364 g/mol. The van der Waals surface area contributed by atoms with Gasteiger partial charge < -0.3 is 15.4 Å². The van der Waals surface area contributed by atoms with Gasteiger partial charge in [-0.1, -0.05) is 17.7 Å². The average Bonchev–Trinajstić information content (AvgIpc) is 2.65. The first-order chi connectivity index (χ1) is 13.0. The number of halogens is 1. The number of carbonyl (C=O) groups excluding carboxylic acids is 1. The van der Waals surface area contributed by atoms with Crippen LogP contribution in [0.1, 0.15) is 21.6 Å². The first kappa shape index (κ1) is 18.7. The van der Waals surface area contributed by atoms with Crippen molar-refractivity contribution in [3.8, 4) is 5.75 Å². The quantitative estimate of drug-likeness (QED) is 0.665. The van der Waals surface area contributed by atoms with E-state index in [1.54, 1.807) is 13.2 Å². The van der Waals surface area contributed by atoms with E-state index >= 15 is 0 Å². The van der Waals surface area contributed by atoms with Gasteiger partial charge in [-0.2, -0.15) is 0 Å². The van der Waals surface area contributed by atoms with Gasteiger partial charge in [-0.05, 0) is 55.3 Å². The highest BCUT2D eigenvalue weighted by atomic mass is 35.5. The van der Waals surface area contributed by atoms with Gasteiger partial charge in [-0.15, -0.1) is 0 Å². The predicted molar refractivity (Wildman–Crippen MR) is 107 cm³/mol. The highest BCUT2D eigenvalue weighted by Gasteiger charge is 2.13. The molecular formula is C20H19ClN4O2. The second kappa shape index (κ2) is 8.05. The number of anilines is 3. The summed E-state index contributed by atoms with van der Waals surface area (Å²) in [7, 11) is 1.61. The van der Waals surface area contributed by atoms with Gasteiger partial charge in [0.05, 0.1) is 30.2 Å². The second-order valence-electron chi connectivity index (χ2n) is 6.03. The van der Waals surface area contributed by atoms with Gasteiger partial charge in [0, 0.05) is 5.69 Å².